The van der Waals surface area contributed by atoms with Gasteiger partial charge in [-0.1, -0.05) is 0 Å². The van der Waals surface area contributed by atoms with E-state index in [-0.39, 0.29) is 11.9 Å². The minimum atomic E-state index is -0.319. The van der Waals surface area contributed by atoms with Gasteiger partial charge in [0.15, 0.2) is 0 Å². The van der Waals surface area contributed by atoms with Gasteiger partial charge in [-0.15, -0.1) is 4.91 Å². The average molecular weight is 130 g/mol. The van der Waals surface area contributed by atoms with Gasteiger partial charge in [0.1, 0.15) is 0 Å². The molecule has 0 aliphatic rings. The number of hydrogen-bond acceptors (Lipinski definition) is 3. The first-order valence-electron chi connectivity index (χ1n) is 2.72. The lowest BCUT2D eigenvalue weighted by molar-refractivity contribution is -0.130. The second-order valence-corrected chi connectivity index (χ2v) is 2.04. The van der Waals surface area contributed by atoms with E-state index in [9.17, 15) is 9.70 Å². The topological polar surface area (TPSA) is 49.7 Å². The minimum Gasteiger partial charge on any atom is -0.273 e. The zero-order valence-corrected chi connectivity index (χ0v) is 5.79. The van der Waals surface area contributed by atoms with Gasteiger partial charge in [-0.05, 0) is 13.8 Å². The molecule has 0 spiro atoms. The van der Waals surface area contributed by atoms with E-state index in [1.165, 1.54) is 6.92 Å². The van der Waals surface area contributed by atoms with Crippen molar-refractivity contribution in [1.82, 2.24) is 5.01 Å². The second-order valence-electron chi connectivity index (χ2n) is 2.04. The molecule has 0 rings (SSSR count). The van der Waals surface area contributed by atoms with Crippen molar-refractivity contribution >= 4 is 5.91 Å². The zero-order valence-electron chi connectivity index (χ0n) is 5.79. The molecule has 4 nitrogen and oxygen atoms in total. The van der Waals surface area contributed by atoms with Crippen LogP contribution in [0.3, 0.4) is 0 Å². The standard InChI is InChI=1S/C5H10N2O2/c1-4(2)7(6-9)5(3)8/h4H,1-3H3. The number of hydrogen-bond donors (Lipinski definition) is 0. The molecular formula is C5H10N2O2. The number of nitroso groups, excluding NO2 is 1. The summed E-state index contributed by atoms with van der Waals surface area (Å²) in [5.41, 5.74) is 0. The van der Waals surface area contributed by atoms with Crippen molar-refractivity contribution in [3.63, 3.8) is 0 Å². The lowest BCUT2D eigenvalue weighted by atomic mass is 10.4. The lowest BCUT2D eigenvalue weighted by Crippen LogP contribution is -2.29. The van der Waals surface area contributed by atoms with Crippen LogP contribution in [0.15, 0.2) is 5.29 Å². The molecule has 0 aromatic carbocycles. The average Bonchev–Trinajstić information content (AvgIpc) is 1.64. The van der Waals surface area contributed by atoms with Crippen molar-refractivity contribution in [3.8, 4) is 0 Å². The Morgan fingerprint density at radius 1 is 1.56 bits per heavy atom. The molecule has 52 valence electrons. The Morgan fingerprint density at radius 3 is 2.00 bits per heavy atom. The maximum Gasteiger partial charge on any atom is 0.242 e. The highest BCUT2D eigenvalue weighted by Crippen LogP contribution is 1.97. The maximum atomic E-state index is 10.4. The van der Waals surface area contributed by atoms with Crippen LogP contribution in [0.4, 0.5) is 0 Å². The quantitative estimate of drug-likeness (QED) is 0.412. The number of amides is 1. The first-order valence-corrected chi connectivity index (χ1v) is 2.72. The van der Waals surface area contributed by atoms with Gasteiger partial charge in [0, 0.05) is 6.92 Å². The van der Waals surface area contributed by atoms with Gasteiger partial charge in [0.05, 0.1) is 11.3 Å². The Morgan fingerprint density at radius 2 is 2.00 bits per heavy atom. The van der Waals surface area contributed by atoms with Gasteiger partial charge < -0.3 is 0 Å². The molecule has 0 atom stereocenters. The fraction of sp³-hybridized carbons (Fsp3) is 0.800. The van der Waals surface area contributed by atoms with Crippen LogP contribution in [0.2, 0.25) is 0 Å². The minimum absolute atomic E-state index is 0.139. The third-order valence-electron chi connectivity index (χ3n) is 0.900. The Hall–Kier alpha value is -0.930. The summed E-state index contributed by atoms with van der Waals surface area (Å²) in [5.74, 6) is -0.319. The molecule has 0 N–H and O–H groups in total. The summed E-state index contributed by atoms with van der Waals surface area (Å²) >= 11 is 0. The van der Waals surface area contributed by atoms with Crippen LogP contribution in [0.25, 0.3) is 0 Å². The van der Waals surface area contributed by atoms with Crippen LogP contribution in [0, 0.1) is 4.91 Å². The molecule has 4 heteroatoms. The number of carbonyl (C=O) groups excluding carboxylic acids is 1. The highest BCUT2D eigenvalue weighted by Gasteiger charge is 2.11. The summed E-state index contributed by atoms with van der Waals surface area (Å²) < 4.78 is 0. The zero-order chi connectivity index (χ0) is 7.44. The Balaban J connectivity index is 3.98. The molecule has 0 unspecified atom stereocenters. The molecule has 0 saturated carbocycles. The van der Waals surface area contributed by atoms with Gasteiger partial charge in [-0.2, -0.15) is 5.01 Å². The van der Waals surface area contributed by atoms with Gasteiger partial charge in [0.2, 0.25) is 5.91 Å². The number of rotatable bonds is 2. The van der Waals surface area contributed by atoms with Crippen molar-refractivity contribution < 1.29 is 4.79 Å². The van der Waals surface area contributed by atoms with E-state index in [0.717, 1.165) is 5.01 Å². The summed E-state index contributed by atoms with van der Waals surface area (Å²) in [6.45, 7) is 4.76. The first kappa shape index (κ1) is 8.07. The molecule has 0 radical (unpaired) electrons. The van der Waals surface area contributed by atoms with Crippen LogP contribution in [-0.2, 0) is 4.79 Å². The SMILES string of the molecule is CC(=O)N(N=O)C(C)C. The Kier molecular flexibility index (Phi) is 2.84. The highest BCUT2D eigenvalue weighted by atomic mass is 16.3. The monoisotopic (exact) mass is 130 g/mol. The van der Waals surface area contributed by atoms with Crippen LogP contribution in [0.5, 0.6) is 0 Å². The molecule has 0 bridgehead atoms. The molecule has 1 amide bonds. The summed E-state index contributed by atoms with van der Waals surface area (Å²) in [5, 5.41) is 3.41. The Labute approximate surface area is 53.8 Å². The van der Waals surface area contributed by atoms with Crippen molar-refractivity contribution in [2.24, 2.45) is 5.29 Å². The number of carbonyl (C=O) groups is 1. The van der Waals surface area contributed by atoms with Gasteiger partial charge in [-0.3, -0.25) is 4.79 Å². The predicted octanol–water partition coefficient (Wildman–Crippen LogP) is 0.925. The normalized spacial score (nSPS) is 9.33. The van der Waals surface area contributed by atoms with Crippen LogP contribution >= 0.6 is 0 Å². The summed E-state index contributed by atoms with van der Waals surface area (Å²) in [6.07, 6.45) is 0. The smallest absolute Gasteiger partial charge is 0.242 e. The molecule has 0 aromatic heterocycles. The maximum absolute atomic E-state index is 10.4. The van der Waals surface area contributed by atoms with E-state index in [4.69, 9.17) is 0 Å². The van der Waals surface area contributed by atoms with Crippen LogP contribution in [-0.4, -0.2) is 17.0 Å². The van der Waals surface area contributed by atoms with E-state index in [1.54, 1.807) is 13.8 Å². The lowest BCUT2D eigenvalue weighted by Gasteiger charge is -2.13. The van der Waals surface area contributed by atoms with Gasteiger partial charge >= 0.3 is 0 Å². The molecule has 0 fully saturated rings. The van der Waals surface area contributed by atoms with Crippen LogP contribution in [0.1, 0.15) is 20.8 Å². The fourth-order valence-corrected chi connectivity index (χ4v) is 0.515. The molecular weight excluding hydrogens is 120 g/mol. The van der Waals surface area contributed by atoms with E-state index < -0.39 is 0 Å². The van der Waals surface area contributed by atoms with Crippen molar-refractivity contribution in [3.05, 3.63) is 4.91 Å². The molecule has 0 saturated heterocycles. The third-order valence-corrected chi connectivity index (χ3v) is 0.900. The summed E-state index contributed by atoms with van der Waals surface area (Å²) in [6, 6.07) is -0.139. The largest absolute Gasteiger partial charge is 0.273 e. The second kappa shape index (κ2) is 3.17. The van der Waals surface area contributed by atoms with Crippen molar-refractivity contribution in [2.75, 3.05) is 0 Å². The first-order chi connectivity index (χ1) is 4.09. The van der Waals surface area contributed by atoms with Crippen molar-refractivity contribution in [2.45, 2.75) is 26.8 Å². The van der Waals surface area contributed by atoms with Crippen LogP contribution < -0.4 is 0 Å². The van der Waals surface area contributed by atoms with E-state index in [1.807, 2.05) is 0 Å². The van der Waals surface area contributed by atoms with Gasteiger partial charge in [-0.25, -0.2) is 0 Å². The summed E-state index contributed by atoms with van der Waals surface area (Å²) in [7, 11) is 0. The summed E-state index contributed by atoms with van der Waals surface area (Å²) in [4.78, 5) is 20.3. The van der Waals surface area contributed by atoms with E-state index >= 15 is 0 Å². The number of nitrogens with zero attached hydrogens (tertiary/aromatic N) is 2. The molecule has 0 aliphatic carbocycles. The van der Waals surface area contributed by atoms with Gasteiger partial charge in [0.25, 0.3) is 0 Å². The highest BCUT2D eigenvalue weighted by molar-refractivity contribution is 5.72. The molecule has 0 aromatic rings. The van der Waals surface area contributed by atoms with Crippen molar-refractivity contribution in [1.29, 1.82) is 0 Å². The molecule has 9 heavy (non-hydrogen) atoms. The third kappa shape index (κ3) is 2.21. The van der Waals surface area contributed by atoms with E-state index in [2.05, 4.69) is 5.29 Å². The fourth-order valence-electron chi connectivity index (χ4n) is 0.515. The predicted molar refractivity (Wildman–Crippen MR) is 33.5 cm³/mol. The molecule has 0 heterocycles. The van der Waals surface area contributed by atoms with E-state index in [0.29, 0.717) is 0 Å². The molecule has 0 aliphatic heterocycles. The Bertz CT molecular complexity index is 122.